The summed E-state index contributed by atoms with van der Waals surface area (Å²) in [7, 11) is -5.05. The van der Waals surface area contributed by atoms with Crippen molar-refractivity contribution in [1.82, 2.24) is 0 Å². The molecule has 0 atom stereocenters. The third kappa shape index (κ3) is 5.27. The van der Waals surface area contributed by atoms with Crippen LogP contribution in [-0.2, 0) is 14.6 Å². The fourth-order valence-electron chi connectivity index (χ4n) is 0.858. The first-order valence-electron chi connectivity index (χ1n) is 4.19. The molecule has 1 aromatic carbocycles. The van der Waals surface area contributed by atoms with Crippen LogP contribution in [0.1, 0.15) is 0 Å². The Morgan fingerprint density at radius 3 is 2.00 bits per heavy atom. The average molecular weight is 292 g/mol. The van der Waals surface area contributed by atoms with Crippen LogP contribution >= 0.6 is 0 Å². The molecule has 0 aliphatic heterocycles. The van der Waals surface area contributed by atoms with Crippen LogP contribution in [0.4, 0.5) is 22.0 Å². The summed E-state index contributed by atoms with van der Waals surface area (Å²) in [6, 6.07) is 1.37. The summed E-state index contributed by atoms with van der Waals surface area (Å²) < 4.78 is 89.5. The Morgan fingerprint density at radius 2 is 1.56 bits per heavy atom. The topological polar surface area (TPSA) is 52.6 Å². The minimum absolute atomic E-state index is 0.427. The Morgan fingerprint density at radius 1 is 1.06 bits per heavy atom. The highest BCUT2D eigenvalue weighted by molar-refractivity contribution is 7.82. The monoisotopic (exact) mass is 292 g/mol. The van der Waals surface area contributed by atoms with Gasteiger partial charge in [0.2, 0.25) is 0 Å². The Labute approximate surface area is 98.3 Å². The SMILES string of the molecule is O=S(=O)(OCC(F)(F)F)Oc1cc(F)cc(F)c1. The van der Waals surface area contributed by atoms with E-state index in [-0.39, 0.29) is 0 Å². The second kappa shape index (κ2) is 5.06. The van der Waals surface area contributed by atoms with Crippen LogP contribution in [0, 0.1) is 11.6 Å². The van der Waals surface area contributed by atoms with Gasteiger partial charge in [-0.05, 0) is 0 Å². The largest absolute Gasteiger partial charge is 0.449 e. The van der Waals surface area contributed by atoms with Crippen molar-refractivity contribution < 1.29 is 38.7 Å². The molecule has 0 N–H and O–H groups in total. The van der Waals surface area contributed by atoms with Crippen molar-refractivity contribution in [3.8, 4) is 5.75 Å². The summed E-state index contributed by atoms with van der Waals surface area (Å²) in [5.41, 5.74) is 0. The number of alkyl halides is 3. The second-order valence-electron chi connectivity index (χ2n) is 2.97. The van der Waals surface area contributed by atoms with Crippen molar-refractivity contribution in [3.63, 3.8) is 0 Å². The van der Waals surface area contributed by atoms with E-state index in [2.05, 4.69) is 8.37 Å². The van der Waals surface area contributed by atoms with Gasteiger partial charge in [-0.3, -0.25) is 0 Å². The van der Waals surface area contributed by atoms with E-state index in [1.165, 1.54) is 0 Å². The number of rotatable bonds is 4. The third-order valence-corrected chi connectivity index (χ3v) is 2.20. The van der Waals surface area contributed by atoms with Crippen LogP contribution in [0.15, 0.2) is 18.2 Å². The number of benzene rings is 1. The molecule has 0 fully saturated rings. The van der Waals surface area contributed by atoms with E-state index >= 15 is 0 Å². The van der Waals surface area contributed by atoms with Gasteiger partial charge in [-0.15, -0.1) is 0 Å². The van der Waals surface area contributed by atoms with E-state index in [9.17, 15) is 30.4 Å². The van der Waals surface area contributed by atoms with Gasteiger partial charge in [0.15, 0.2) is 12.4 Å². The highest BCUT2D eigenvalue weighted by atomic mass is 32.3. The smallest absolute Gasteiger partial charge is 0.361 e. The molecule has 0 heterocycles. The van der Waals surface area contributed by atoms with Gasteiger partial charge in [0.1, 0.15) is 11.6 Å². The maximum absolute atomic E-state index is 12.6. The van der Waals surface area contributed by atoms with E-state index in [1.54, 1.807) is 0 Å². The lowest BCUT2D eigenvalue weighted by Gasteiger charge is -2.09. The fourth-order valence-corrected chi connectivity index (χ4v) is 1.52. The summed E-state index contributed by atoms with van der Waals surface area (Å²) in [4.78, 5) is 0. The van der Waals surface area contributed by atoms with Crippen molar-refractivity contribution in [2.75, 3.05) is 6.61 Å². The Balaban J connectivity index is 2.76. The molecule has 0 spiro atoms. The average Bonchev–Trinajstić information content (AvgIpc) is 2.11. The molecule has 1 rings (SSSR count). The van der Waals surface area contributed by atoms with Crippen LogP contribution in [-0.4, -0.2) is 21.2 Å². The molecule has 18 heavy (non-hydrogen) atoms. The predicted molar refractivity (Wildman–Crippen MR) is 47.9 cm³/mol. The molecule has 4 nitrogen and oxygen atoms in total. The van der Waals surface area contributed by atoms with Crippen molar-refractivity contribution in [1.29, 1.82) is 0 Å². The van der Waals surface area contributed by atoms with Gasteiger partial charge < -0.3 is 4.18 Å². The summed E-state index contributed by atoms with van der Waals surface area (Å²) >= 11 is 0. The molecule has 102 valence electrons. The zero-order valence-corrected chi connectivity index (χ0v) is 9.19. The molecule has 0 aromatic heterocycles. The lowest BCUT2D eigenvalue weighted by atomic mass is 10.3. The molecular formula is C8H5F5O4S. The maximum Gasteiger partial charge on any atom is 0.449 e. The summed E-state index contributed by atoms with van der Waals surface area (Å²) in [6.07, 6.45) is -4.89. The molecule has 0 bridgehead atoms. The first-order valence-corrected chi connectivity index (χ1v) is 5.52. The molecule has 0 radical (unpaired) electrons. The van der Waals surface area contributed by atoms with Crippen molar-refractivity contribution >= 4 is 10.4 Å². The molecule has 10 heteroatoms. The van der Waals surface area contributed by atoms with E-state index < -0.39 is 40.6 Å². The Bertz CT molecular complexity index is 505. The highest BCUT2D eigenvalue weighted by Gasteiger charge is 2.31. The number of hydrogen-bond acceptors (Lipinski definition) is 4. The Hall–Kier alpha value is -1.42. The molecule has 0 aliphatic carbocycles. The quantitative estimate of drug-likeness (QED) is 0.798. The van der Waals surface area contributed by atoms with Gasteiger partial charge in [0.25, 0.3) is 0 Å². The first-order chi connectivity index (χ1) is 8.07. The molecule has 1 aromatic rings. The van der Waals surface area contributed by atoms with Crippen molar-refractivity contribution in [2.45, 2.75) is 6.18 Å². The van der Waals surface area contributed by atoms with Gasteiger partial charge in [-0.1, -0.05) is 0 Å². The van der Waals surface area contributed by atoms with Crippen LogP contribution < -0.4 is 4.18 Å². The fraction of sp³-hybridized carbons (Fsp3) is 0.250. The molecule has 0 unspecified atom stereocenters. The molecule has 0 amide bonds. The summed E-state index contributed by atoms with van der Waals surface area (Å²) in [5.74, 6) is -3.15. The number of halogens is 5. The molecule has 0 aliphatic rings. The summed E-state index contributed by atoms with van der Waals surface area (Å²) in [6.45, 7) is -2.10. The third-order valence-electron chi connectivity index (χ3n) is 1.40. The maximum atomic E-state index is 12.6. The highest BCUT2D eigenvalue weighted by Crippen LogP contribution is 2.20. The normalized spacial score (nSPS) is 12.5. The zero-order chi connectivity index (χ0) is 14.0. The van der Waals surface area contributed by atoms with Gasteiger partial charge in [0.05, 0.1) is 0 Å². The van der Waals surface area contributed by atoms with E-state index in [1.807, 2.05) is 0 Å². The van der Waals surface area contributed by atoms with Gasteiger partial charge in [-0.2, -0.15) is 21.6 Å². The van der Waals surface area contributed by atoms with E-state index in [0.717, 1.165) is 0 Å². The standard InChI is InChI=1S/C8H5F5O4S/c9-5-1-6(10)3-7(2-5)17-18(14,15)16-4-8(11,12)13/h1-3H,4H2. The van der Waals surface area contributed by atoms with Gasteiger partial charge in [-0.25, -0.2) is 13.0 Å². The van der Waals surface area contributed by atoms with Crippen molar-refractivity contribution in [3.05, 3.63) is 29.8 Å². The molecule has 0 saturated heterocycles. The van der Waals surface area contributed by atoms with E-state index in [0.29, 0.717) is 18.2 Å². The summed E-state index contributed by atoms with van der Waals surface area (Å²) in [5, 5.41) is 0. The predicted octanol–water partition coefficient (Wildman–Crippen LogP) is 2.17. The second-order valence-corrected chi connectivity index (χ2v) is 4.19. The molecule has 0 saturated carbocycles. The van der Waals surface area contributed by atoms with Gasteiger partial charge >= 0.3 is 16.6 Å². The van der Waals surface area contributed by atoms with E-state index in [4.69, 9.17) is 0 Å². The van der Waals surface area contributed by atoms with Crippen LogP contribution in [0.2, 0.25) is 0 Å². The van der Waals surface area contributed by atoms with Crippen LogP contribution in [0.25, 0.3) is 0 Å². The van der Waals surface area contributed by atoms with Crippen LogP contribution in [0.5, 0.6) is 5.75 Å². The minimum atomic E-state index is -5.05. The zero-order valence-electron chi connectivity index (χ0n) is 8.37. The van der Waals surface area contributed by atoms with Crippen LogP contribution in [0.3, 0.4) is 0 Å². The number of hydrogen-bond donors (Lipinski definition) is 0. The lowest BCUT2D eigenvalue weighted by molar-refractivity contribution is -0.153. The first kappa shape index (κ1) is 14.6. The lowest BCUT2D eigenvalue weighted by Crippen LogP contribution is -2.23. The Kier molecular flexibility index (Phi) is 4.12. The minimum Gasteiger partial charge on any atom is -0.361 e. The van der Waals surface area contributed by atoms with Gasteiger partial charge in [0, 0.05) is 18.2 Å². The molecular weight excluding hydrogens is 287 g/mol. The van der Waals surface area contributed by atoms with Crippen molar-refractivity contribution in [2.24, 2.45) is 0 Å².